The van der Waals surface area contributed by atoms with Crippen molar-refractivity contribution in [2.45, 2.75) is 44.9 Å². The van der Waals surface area contributed by atoms with E-state index in [-0.39, 0.29) is 0 Å². The molecule has 92 valence electrons. The predicted octanol–water partition coefficient (Wildman–Crippen LogP) is 1.78. The third kappa shape index (κ3) is 3.48. The Morgan fingerprint density at radius 3 is 2.31 bits per heavy atom. The molecular formula is C13H24N2O. The first-order valence-electron chi connectivity index (χ1n) is 6.85. The van der Waals surface area contributed by atoms with E-state index in [1.54, 1.807) is 0 Å². The van der Waals surface area contributed by atoms with Crippen molar-refractivity contribution in [2.75, 3.05) is 26.2 Å². The van der Waals surface area contributed by atoms with Crippen LogP contribution in [0.25, 0.3) is 0 Å². The molecule has 1 amide bonds. The second-order valence-electron chi connectivity index (χ2n) is 5.19. The van der Waals surface area contributed by atoms with E-state index in [4.69, 9.17) is 0 Å². The van der Waals surface area contributed by atoms with Crippen molar-refractivity contribution in [3.63, 3.8) is 0 Å². The van der Waals surface area contributed by atoms with Gasteiger partial charge in [-0.25, -0.2) is 0 Å². The minimum atomic E-state index is 0.411. The fourth-order valence-corrected chi connectivity index (χ4v) is 2.78. The summed E-state index contributed by atoms with van der Waals surface area (Å²) in [4.78, 5) is 14.2. The van der Waals surface area contributed by atoms with Crippen LogP contribution >= 0.6 is 0 Å². The molecule has 3 nitrogen and oxygen atoms in total. The normalized spacial score (nSPS) is 24.1. The first-order chi connectivity index (χ1) is 7.86. The summed E-state index contributed by atoms with van der Waals surface area (Å²) in [7, 11) is 0. The Morgan fingerprint density at radius 2 is 1.69 bits per heavy atom. The Labute approximate surface area is 98.6 Å². The van der Waals surface area contributed by atoms with Gasteiger partial charge in [0.15, 0.2) is 0 Å². The van der Waals surface area contributed by atoms with Crippen molar-refractivity contribution in [1.29, 1.82) is 0 Å². The summed E-state index contributed by atoms with van der Waals surface area (Å²) >= 11 is 0. The molecule has 0 aromatic heterocycles. The summed E-state index contributed by atoms with van der Waals surface area (Å²) < 4.78 is 0. The van der Waals surface area contributed by atoms with Crippen LogP contribution in [0, 0.1) is 5.92 Å². The molecular weight excluding hydrogens is 200 g/mol. The predicted molar refractivity (Wildman–Crippen MR) is 65.3 cm³/mol. The highest BCUT2D eigenvalue weighted by Gasteiger charge is 2.21. The second-order valence-corrected chi connectivity index (χ2v) is 5.19. The van der Waals surface area contributed by atoms with E-state index in [0.29, 0.717) is 11.8 Å². The quantitative estimate of drug-likeness (QED) is 0.775. The molecule has 0 bridgehead atoms. The van der Waals surface area contributed by atoms with Crippen molar-refractivity contribution >= 4 is 5.91 Å². The second kappa shape index (κ2) is 6.24. The molecule has 2 rings (SSSR count). The Morgan fingerprint density at radius 1 is 1.06 bits per heavy atom. The van der Waals surface area contributed by atoms with E-state index >= 15 is 0 Å². The van der Waals surface area contributed by atoms with Gasteiger partial charge in [-0.1, -0.05) is 12.8 Å². The molecule has 0 aliphatic carbocycles. The minimum absolute atomic E-state index is 0.411. The number of rotatable bonds is 2. The van der Waals surface area contributed by atoms with Crippen LogP contribution in [0.5, 0.6) is 0 Å². The summed E-state index contributed by atoms with van der Waals surface area (Å²) in [5, 5.41) is 3.35. The van der Waals surface area contributed by atoms with E-state index in [1.165, 1.54) is 38.5 Å². The Hall–Kier alpha value is -0.570. The molecule has 1 N–H and O–H groups in total. The number of nitrogens with one attached hydrogen (secondary N) is 1. The largest absolute Gasteiger partial charge is 0.343 e. The van der Waals surface area contributed by atoms with Gasteiger partial charge in [0, 0.05) is 19.5 Å². The Bertz CT molecular complexity index is 216. The fourth-order valence-electron chi connectivity index (χ4n) is 2.78. The molecule has 2 saturated heterocycles. The van der Waals surface area contributed by atoms with Gasteiger partial charge in [-0.3, -0.25) is 4.79 Å². The number of hydrogen-bond acceptors (Lipinski definition) is 2. The summed E-state index contributed by atoms with van der Waals surface area (Å²) in [6.07, 6.45) is 8.17. The molecule has 0 spiro atoms. The highest BCUT2D eigenvalue weighted by molar-refractivity contribution is 5.76. The van der Waals surface area contributed by atoms with Crippen LogP contribution in [0.4, 0.5) is 0 Å². The molecule has 0 radical (unpaired) electrons. The zero-order valence-corrected chi connectivity index (χ0v) is 10.2. The van der Waals surface area contributed by atoms with Crippen molar-refractivity contribution < 1.29 is 4.79 Å². The summed E-state index contributed by atoms with van der Waals surface area (Å²) in [5.74, 6) is 1.05. The standard InChI is InChI=1S/C13H24N2O/c16-13(11-12-5-7-14-8-6-12)15-9-3-1-2-4-10-15/h12,14H,1-11H2. The first-order valence-corrected chi connectivity index (χ1v) is 6.85. The van der Waals surface area contributed by atoms with Crippen LogP contribution in [0.2, 0.25) is 0 Å². The molecule has 2 aliphatic heterocycles. The van der Waals surface area contributed by atoms with E-state index in [1.807, 2.05) is 0 Å². The summed E-state index contributed by atoms with van der Waals surface area (Å²) in [6, 6.07) is 0. The van der Waals surface area contributed by atoms with Gasteiger partial charge in [-0.15, -0.1) is 0 Å². The van der Waals surface area contributed by atoms with Crippen LogP contribution in [0.1, 0.15) is 44.9 Å². The monoisotopic (exact) mass is 224 g/mol. The molecule has 0 atom stereocenters. The molecule has 2 heterocycles. The third-order valence-electron chi connectivity index (χ3n) is 3.88. The molecule has 0 aromatic carbocycles. The highest BCUT2D eigenvalue weighted by atomic mass is 16.2. The molecule has 2 aliphatic rings. The lowest BCUT2D eigenvalue weighted by Crippen LogP contribution is -2.35. The summed E-state index contributed by atoms with van der Waals surface area (Å²) in [5.41, 5.74) is 0. The van der Waals surface area contributed by atoms with Gasteiger partial charge < -0.3 is 10.2 Å². The van der Waals surface area contributed by atoms with E-state index < -0.39 is 0 Å². The maximum atomic E-state index is 12.1. The average molecular weight is 224 g/mol. The number of carbonyl (C=O) groups is 1. The smallest absolute Gasteiger partial charge is 0.222 e. The average Bonchev–Trinajstić information content (AvgIpc) is 2.59. The van der Waals surface area contributed by atoms with E-state index in [0.717, 1.165) is 32.6 Å². The van der Waals surface area contributed by atoms with E-state index in [2.05, 4.69) is 10.2 Å². The lowest BCUT2D eigenvalue weighted by molar-refractivity contribution is -0.132. The lowest BCUT2D eigenvalue weighted by Gasteiger charge is -2.26. The van der Waals surface area contributed by atoms with Crippen LogP contribution < -0.4 is 5.32 Å². The van der Waals surface area contributed by atoms with Crippen LogP contribution in [-0.2, 0) is 4.79 Å². The van der Waals surface area contributed by atoms with Gasteiger partial charge in [0.05, 0.1) is 0 Å². The van der Waals surface area contributed by atoms with Gasteiger partial charge in [0.2, 0.25) is 5.91 Å². The number of hydrogen-bond donors (Lipinski definition) is 1. The maximum Gasteiger partial charge on any atom is 0.222 e. The summed E-state index contributed by atoms with van der Waals surface area (Å²) in [6.45, 7) is 4.20. The molecule has 0 aromatic rings. The van der Waals surface area contributed by atoms with Crippen LogP contribution in [0.3, 0.4) is 0 Å². The molecule has 0 unspecified atom stereocenters. The molecule has 16 heavy (non-hydrogen) atoms. The molecule has 0 saturated carbocycles. The zero-order valence-electron chi connectivity index (χ0n) is 10.2. The Kier molecular flexibility index (Phi) is 4.64. The Balaban J connectivity index is 1.76. The number of likely N-dealkylation sites (tertiary alicyclic amines) is 1. The SMILES string of the molecule is O=C(CC1CCNCC1)N1CCCCCC1. The maximum absolute atomic E-state index is 12.1. The van der Waals surface area contributed by atoms with Gasteiger partial charge in [-0.2, -0.15) is 0 Å². The van der Waals surface area contributed by atoms with Gasteiger partial charge >= 0.3 is 0 Å². The zero-order chi connectivity index (χ0) is 11.2. The van der Waals surface area contributed by atoms with Crippen LogP contribution in [-0.4, -0.2) is 37.0 Å². The van der Waals surface area contributed by atoms with Crippen LogP contribution in [0.15, 0.2) is 0 Å². The first kappa shape index (κ1) is 11.9. The van der Waals surface area contributed by atoms with Crippen molar-refractivity contribution in [3.05, 3.63) is 0 Å². The molecule has 3 heteroatoms. The van der Waals surface area contributed by atoms with Gasteiger partial charge in [-0.05, 0) is 44.7 Å². The number of piperidine rings is 1. The number of amides is 1. The third-order valence-corrected chi connectivity index (χ3v) is 3.88. The molecule has 2 fully saturated rings. The minimum Gasteiger partial charge on any atom is -0.343 e. The van der Waals surface area contributed by atoms with Gasteiger partial charge in [0.1, 0.15) is 0 Å². The van der Waals surface area contributed by atoms with Crippen molar-refractivity contribution in [1.82, 2.24) is 10.2 Å². The highest BCUT2D eigenvalue weighted by Crippen LogP contribution is 2.18. The number of nitrogens with zero attached hydrogens (tertiary/aromatic N) is 1. The topological polar surface area (TPSA) is 32.3 Å². The van der Waals surface area contributed by atoms with E-state index in [9.17, 15) is 4.79 Å². The lowest BCUT2D eigenvalue weighted by atomic mass is 9.94. The van der Waals surface area contributed by atoms with Gasteiger partial charge in [0.25, 0.3) is 0 Å². The van der Waals surface area contributed by atoms with Crippen molar-refractivity contribution in [3.8, 4) is 0 Å². The number of carbonyl (C=O) groups excluding carboxylic acids is 1. The van der Waals surface area contributed by atoms with Crippen molar-refractivity contribution in [2.24, 2.45) is 5.92 Å². The fraction of sp³-hybridized carbons (Fsp3) is 0.923.